The highest BCUT2D eigenvalue weighted by Crippen LogP contribution is 2.44. The van der Waals surface area contributed by atoms with Gasteiger partial charge >= 0.3 is 0 Å². The molecular weight excluding hydrogens is 1000 g/mol. The van der Waals surface area contributed by atoms with Crippen molar-refractivity contribution < 1.29 is 38.1 Å². The Bertz CT molecular complexity index is 2330. The predicted octanol–water partition coefficient (Wildman–Crippen LogP) is 12.5. The van der Waals surface area contributed by atoms with E-state index in [-0.39, 0.29) is 71.7 Å². The average molecular weight is 1100 g/mol. The van der Waals surface area contributed by atoms with E-state index in [0.29, 0.717) is 101 Å². The Morgan fingerprint density at radius 2 is 0.438 bits per heavy atom. The van der Waals surface area contributed by atoms with Crippen molar-refractivity contribution in [3.63, 3.8) is 0 Å². The summed E-state index contributed by atoms with van der Waals surface area (Å²) in [6.45, 7) is 46.0. The summed E-state index contributed by atoms with van der Waals surface area (Å²) in [7, 11) is 0. The Balaban J connectivity index is 2.07. The van der Waals surface area contributed by atoms with Gasteiger partial charge in [-0.15, -0.1) is 0 Å². The molecule has 5 rings (SSSR count). The highest BCUT2D eigenvalue weighted by Gasteiger charge is 2.31. The second-order valence-electron chi connectivity index (χ2n) is 25.6. The summed E-state index contributed by atoms with van der Waals surface area (Å²) in [6.07, 6.45) is 1.34. The third-order valence-corrected chi connectivity index (χ3v) is 15.8. The number of hydrogen-bond acceptors (Lipinski definition) is 8. The van der Waals surface area contributed by atoms with Gasteiger partial charge in [0.1, 0.15) is 23.0 Å². The lowest BCUT2D eigenvalue weighted by Gasteiger charge is -2.30. The number of nitrogens with zero attached hydrogens (tertiary/aromatic N) is 4. The Labute approximate surface area is 482 Å². The van der Waals surface area contributed by atoms with Crippen LogP contribution in [0.1, 0.15) is 205 Å². The SMILES string of the molecule is CCN(CC)C(=O)COc1c2cc(C(C)(C)C)cc1Cc1cc(C(C)(C)C)cc(c1OCC(=O)N(CC)CC)Cc1cc(C(C)(C)C)cc(c1OCC(=O)N(CC)CC)Cc1cc(C(C)(C)C)cc(c1OCC(=O)N(CC)CC)C2. The standard InChI is InChI=1S/C68H100N4O8/c1-21-69(22-2)57(73)41-77-61-45-29-47-35-54(66(12,13)14)37-49(62(47)78-42-58(74)70(23-3)24-4)31-51-39-56(68(18,19)20)40-52(64(51)80-44-60(76)72(27-7)28-8)32-50-38-55(67(15,16)17)36-48(30-46(61)34-53(33-45)65(9,10)11)63(50)79-43-59(75)71(25-5)26-6/h33-40H,21-32,41-44H2,1-20H3. The van der Waals surface area contributed by atoms with Crippen LogP contribution in [0.15, 0.2) is 48.5 Å². The van der Waals surface area contributed by atoms with Crippen molar-refractivity contribution in [2.75, 3.05) is 78.8 Å². The Kier molecular flexibility index (Phi) is 22.0. The normalized spacial score (nSPS) is 12.8. The van der Waals surface area contributed by atoms with Crippen molar-refractivity contribution in [2.24, 2.45) is 0 Å². The van der Waals surface area contributed by atoms with E-state index in [2.05, 4.69) is 132 Å². The summed E-state index contributed by atoms with van der Waals surface area (Å²) in [5, 5.41) is 0. The van der Waals surface area contributed by atoms with Crippen molar-refractivity contribution in [3.8, 4) is 23.0 Å². The van der Waals surface area contributed by atoms with Crippen LogP contribution in [0.25, 0.3) is 0 Å². The van der Waals surface area contributed by atoms with Crippen LogP contribution in [-0.4, -0.2) is 122 Å². The van der Waals surface area contributed by atoms with Crippen molar-refractivity contribution in [1.82, 2.24) is 19.6 Å². The molecule has 0 aliphatic heterocycles. The zero-order valence-corrected chi connectivity index (χ0v) is 53.0. The van der Waals surface area contributed by atoms with Gasteiger partial charge in [-0.2, -0.15) is 0 Å². The Hall–Kier alpha value is -6.04. The number of carbonyl (C=O) groups is 4. The summed E-state index contributed by atoms with van der Waals surface area (Å²) >= 11 is 0. The second-order valence-corrected chi connectivity index (χ2v) is 25.6. The van der Waals surface area contributed by atoms with Crippen LogP contribution in [-0.2, 0) is 66.5 Å². The van der Waals surface area contributed by atoms with Crippen LogP contribution in [0, 0.1) is 0 Å². The lowest BCUT2D eigenvalue weighted by atomic mass is 9.79. The maximum Gasteiger partial charge on any atom is 0.260 e. The fraction of sp³-hybridized carbons (Fsp3) is 0.588. The number of hydrogen-bond donors (Lipinski definition) is 0. The molecule has 0 spiro atoms. The number of likely N-dealkylation sites (N-methyl/N-ethyl adjacent to an activating group) is 4. The van der Waals surface area contributed by atoms with E-state index in [1.165, 1.54) is 0 Å². The lowest BCUT2D eigenvalue weighted by Crippen LogP contribution is -2.35. The molecule has 0 saturated carbocycles. The van der Waals surface area contributed by atoms with Crippen molar-refractivity contribution in [2.45, 2.75) is 186 Å². The van der Waals surface area contributed by atoms with E-state index in [4.69, 9.17) is 18.9 Å². The van der Waals surface area contributed by atoms with E-state index in [9.17, 15) is 19.2 Å². The van der Waals surface area contributed by atoms with Gasteiger partial charge in [0.15, 0.2) is 26.4 Å². The van der Waals surface area contributed by atoms with E-state index in [0.717, 1.165) is 66.8 Å². The fourth-order valence-electron chi connectivity index (χ4n) is 10.6. The van der Waals surface area contributed by atoms with Gasteiger partial charge in [-0.3, -0.25) is 19.2 Å². The average Bonchev–Trinajstić information content (AvgIpc) is 3.37. The molecule has 4 amide bonds. The van der Waals surface area contributed by atoms with Gasteiger partial charge < -0.3 is 38.5 Å². The fourth-order valence-corrected chi connectivity index (χ4v) is 10.6. The molecule has 0 aromatic heterocycles. The first-order chi connectivity index (χ1) is 37.5. The first-order valence-electron chi connectivity index (χ1n) is 29.7. The summed E-state index contributed by atoms with van der Waals surface area (Å²) in [5.74, 6) is 1.92. The van der Waals surface area contributed by atoms with Crippen molar-refractivity contribution in [3.05, 3.63) is 115 Å². The number of fused-ring (bicyclic) bond motifs is 8. The molecule has 0 radical (unpaired) electrons. The van der Waals surface area contributed by atoms with E-state index >= 15 is 0 Å². The largest absolute Gasteiger partial charge is 0.483 e. The molecule has 1 aliphatic rings. The molecule has 8 bridgehead atoms. The number of carbonyl (C=O) groups excluding carboxylic acids is 4. The molecule has 1 aliphatic carbocycles. The van der Waals surface area contributed by atoms with Gasteiger partial charge in [0.2, 0.25) is 0 Å². The topological polar surface area (TPSA) is 118 Å². The van der Waals surface area contributed by atoms with Gasteiger partial charge in [0.25, 0.3) is 23.6 Å². The molecule has 0 atom stereocenters. The van der Waals surface area contributed by atoms with Gasteiger partial charge in [-0.1, -0.05) is 132 Å². The molecule has 4 aromatic carbocycles. The number of rotatable bonds is 20. The summed E-state index contributed by atoms with van der Waals surface area (Å²) in [4.78, 5) is 63.4. The Morgan fingerprint density at radius 3 is 0.550 bits per heavy atom. The van der Waals surface area contributed by atoms with Crippen LogP contribution in [0.2, 0.25) is 0 Å². The molecule has 0 N–H and O–H groups in total. The van der Waals surface area contributed by atoms with Crippen LogP contribution in [0.3, 0.4) is 0 Å². The third-order valence-electron chi connectivity index (χ3n) is 15.8. The maximum absolute atomic E-state index is 14.1. The minimum Gasteiger partial charge on any atom is -0.483 e. The van der Waals surface area contributed by atoms with E-state index in [1.807, 2.05) is 55.4 Å². The van der Waals surface area contributed by atoms with Gasteiger partial charge in [-0.25, -0.2) is 0 Å². The molecule has 0 saturated heterocycles. The quantitative estimate of drug-likeness (QED) is 0.0756. The highest BCUT2D eigenvalue weighted by molar-refractivity contribution is 5.80. The smallest absolute Gasteiger partial charge is 0.260 e. The zero-order valence-electron chi connectivity index (χ0n) is 53.0. The van der Waals surface area contributed by atoms with Gasteiger partial charge in [-0.05, 0) is 144 Å². The van der Waals surface area contributed by atoms with Crippen molar-refractivity contribution >= 4 is 23.6 Å². The van der Waals surface area contributed by atoms with Crippen LogP contribution in [0.4, 0.5) is 0 Å². The molecule has 12 heteroatoms. The summed E-state index contributed by atoms with van der Waals surface area (Å²) in [6, 6.07) is 17.7. The lowest BCUT2D eigenvalue weighted by molar-refractivity contribution is -0.133. The van der Waals surface area contributed by atoms with Gasteiger partial charge in [0, 0.05) is 78.0 Å². The number of amides is 4. The summed E-state index contributed by atoms with van der Waals surface area (Å²) < 4.78 is 28.0. The van der Waals surface area contributed by atoms with Crippen LogP contribution >= 0.6 is 0 Å². The third kappa shape index (κ3) is 16.1. The first kappa shape index (κ1) is 64.8. The number of ether oxygens (including phenoxy) is 4. The van der Waals surface area contributed by atoms with E-state index < -0.39 is 0 Å². The monoisotopic (exact) mass is 1100 g/mol. The summed E-state index contributed by atoms with van der Waals surface area (Å²) in [5.41, 5.74) is 9.96. The van der Waals surface area contributed by atoms with Crippen LogP contribution < -0.4 is 18.9 Å². The maximum atomic E-state index is 14.1. The molecule has 12 nitrogen and oxygen atoms in total. The highest BCUT2D eigenvalue weighted by atomic mass is 16.5. The van der Waals surface area contributed by atoms with E-state index in [1.54, 1.807) is 19.6 Å². The molecule has 0 fully saturated rings. The molecule has 80 heavy (non-hydrogen) atoms. The molecular formula is C68H100N4O8. The molecule has 440 valence electrons. The zero-order chi connectivity index (χ0) is 59.7. The predicted molar refractivity (Wildman–Crippen MR) is 325 cm³/mol. The Morgan fingerprint density at radius 1 is 0.300 bits per heavy atom. The second kappa shape index (κ2) is 27.2. The van der Waals surface area contributed by atoms with Crippen LogP contribution in [0.5, 0.6) is 23.0 Å². The molecule has 4 aromatic rings. The van der Waals surface area contributed by atoms with Gasteiger partial charge in [0.05, 0.1) is 0 Å². The number of benzene rings is 4. The van der Waals surface area contributed by atoms with Crippen molar-refractivity contribution in [1.29, 1.82) is 0 Å². The first-order valence-corrected chi connectivity index (χ1v) is 29.7. The minimum atomic E-state index is -0.321. The molecule has 0 heterocycles. The minimum absolute atomic E-state index is 0.117. The molecule has 0 unspecified atom stereocenters.